The van der Waals surface area contributed by atoms with Gasteiger partial charge in [-0.1, -0.05) is 12.1 Å². The third kappa shape index (κ3) is 5.49. The average Bonchev–Trinajstić information content (AvgIpc) is 2.79. The Labute approximate surface area is 182 Å². The Morgan fingerprint density at radius 2 is 1.71 bits per heavy atom. The Morgan fingerprint density at radius 1 is 0.968 bits per heavy atom. The summed E-state index contributed by atoms with van der Waals surface area (Å²) in [5.41, 5.74) is 9.83. The lowest BCUT2D eigenvalue weighted by atomic mass is 10.1. The van der Waals surface area contributed by atoms with E-state index in [1.54, 1.807) is 30.5 Å². The van der Waals surface area contributed by atoms with E-state index in [-0.39, 0.29) is 12.4 Å². The molecule has 2 aromatic carbocycles. The summed E-state index contributed by atoms with van der Waals surface area (Å²) in [6, 6.07) is 15.1. The van der Waals surface area contributed by atoms with Crippen LogP contribution in [-0.2, 0) is 6.54 Å². The van der Waals surface area contributed by atoms with E-state index in [4.69, 9.17) is 10.8 Å². The van der Waals surface area contributed by atoms with E-state index in [1.165, 1.54) is 5.56 Å². The summed E-state index contributed by atoms with van der Waals surface area (Å²) in [6.07, 6.45) is 1.69. The molecule has 0 unspecified atom stereocenters. The number of piperazine rings is 1. The van der Waals surface area contributed by atoms with Gasteiger partial charge in [-0.15, -0.1) is 0 Å². The van der Waals surface area contributed by atoms with Gasteiger partial charge in [0.25, 0.3) is 0 Å². The molecule has 0 amide bonds. The van der Waals surface area contributed by atoms with Gasteiger partial charge in [-0.05, 0) is 42.0 Å². The quantitative estimate of drug-likeness (QED) is 0.340. The van der Waals surface area contributed by atoms with Gasteiger partial charge in [-0.25, -0.2) is 9.97 Å². The van der Waals surface area contributed by atoms with Crippen LogP contribution in [0.15, 0.2) is 54.7 Å². The highest BCUT2D eigenvalue weighted by Gasteiger charge is 2.16. The zero-order valence-electron chi connectivity index (χ0n) is 17.4. The molecule has 0 bridgehead atoms. The van der Waals surface area contributed by atoms with Crippen LogP contribution in [0.5, 0.6) is 5.75 Å². The average molecular weight is 421 g/mol. The number of hydrogen-bond acceptors (Lipinski definition) is 8. The van der Waals surface area contributed by atoms with Crippen LogP contribution in [0, 0.1) is 0 Å². The van der Waals surface area contributed by atoms with E-state index in [0.717, 1.165) is 56.2 Å². The number of phenols is 1. The highest BCUT2D eigenvalue weighted by Crippen LogP contribution is 2.27. The molecule has 4 rings (SSSR count). The molecule has 8 nitrogen and oxygen atoms in total. The van der Waals surface area contributed by atoms with Crippen LogP contribution in [0.3, 0.4) is 0 Å². The first-order chi connectivity index (χ1) is 15.1. The van der Waals surface area contributed by atoms with Gasteiger partial charge in [0.05, 0.1) is 18.0 Å². The normalized spacial score (nSPS) is 15.1. The van der Waals surface area contributed by atoms with Gasteiger partial charge in [0.1, 0.15) is 5.75 Å². The monoisotopic (exact) mass is 420 g/mol. The number of anilines is 3. The zero-order valence-corrected chi connectivity index (χ0v) is 17.4. The van der Waals surface area contributed by atoms with Crippen LogP contribution >= 0.6 is 0 Å². The van der Waals surface area contributed by atoms with Crippen LogP contribution in [0.1, 0.15) is 5.56 Å². The molecule has 0 atom stereocenters. The fourth-order valence-electron chi connectivity index (χ4n) is 3.69. The van der Waals surface area contributed by atoms with Crippen LogP contribution in [0.4, 0.5) is 17.3 Å². The number of benzene rings is 2. The Balaban J connectivity index is 1.36. The van der Waals surface area contributed by atoms with Crippen molar-refractivity contribution in [1.82, 2.24) is 19.8 Å². The first-order valence-corrected chi connectivity index (χ1v) is 10.4. The summed E-state index contributed by atoms with van der Waals surface area (Å²) in [5.74, 6) is 0.556. The fourth-order valence-corrected chi connectivity index (χ4v) is 3.69. The third-order valence-electron chi connectivity index (χ3n) is 5.48. The largest absolute Gasteiger partial charge is 0.506 e. The molecular formula is C23H28N6O2. The lowest BCUT2D eigenvalue weighted by molar-refractivity contribution is 0.108. The number of phenolic OH excluding ortho intramolecular Hbond substituents is 1. The van der Waals surface area contributed by atoms with Crippen molar-refractivity contribution in [2.45, 2.75) is 6.54 Å². The molecule has 1 saturated heterocycles. The van der Waals surface area contributed by atoms with E-state index < -0.39 is 0 Å². The molecule has 2 heterocycles. The molecule has 162 valence electrons. The standard InChI is InChI=1S/C23H28N6O2/c24-20-15-18(3-6-22(20)31)21-7-8-25-23(27-21)26-19-4-1-17(2-5-19)16-29-11-9-28(10-12-29)13-14-30/h1-8,15,30-31H,9-14,16,24H2,(H,25,26,27). The van der Waals surface area contributed by atoms with Crippen molar-refractivity contribution in [1.29, 1.82) is 0 Å². The minimum Gasteiger partial charge on any atom is -0.506 e. The van der Waals surface area contributed by atoms with Crippen molar-refractivity contribution in [2.75, 3.05) is 50.4 Å². The maximum absolute atomic E-state index is 9.62. The van der Waals surface area contributed by atoms with Gasteiger partial charge in [0.15, 0.2) is 0 Å². The molecule has 3 aromatic rings. The van der Waals surface area contributed by atoms with E-state index in [2.05, 4.69) is 37.2 Å². The van der Waals surface area contributed by atoms with Gasteiger partial charge in [-0.2, -0.15) is 0 Å². The van der Waals surface area contributed by atoms with Crippen molar-refractivity contribution >= 4 is 17.3 Å². The Bertz CT molecular complexity index is 1000. The van der Waals surface area contributed by atoms with Crippen molar-refractivity contribution in [3.63, 3.8) is 0 Å². The second-order valence-electron chi connectivity index (χ2n) is 7.70. The van der Waals surface area contributed by atoms with Crippen molar-refractivity contribution in [2.24, 2.45) is 0 Å². The first kappa shape index (κ1) is 21.0. The van der Waals surface area contributed by atoms with Gasteiger partial charge < -0.3 is 21.3 Å². The van der Waals surface area contributed by atoms with E-state index >= 15 is 0 Å². The molecule has 0 aliphatic carbocycles. The Hall–Kier alpha value is -3.20. The molecular weight excluding hydrogens is 392 g/mol. The number of nitrogens with two attached hydrogens (primary N) is 1. The third-order valence-corrected chi connectivity index (χ3v) is 5.48. The molecule has 0 saturated carbocycles. The lowest BCUT2D eigenvalue weighted by Crippen LogP contribution is -2.46. The number of aliphatic hydroxyl groups excluding tert-OH is 1. The maximum Gasteiger partial charge on any atom is 0.227 e. The van der Waals surface area contributed by atoms with Crippen molar-refractivity contribution in [3.8, 4) is 17.0 Å². The maximum atomic E-state index is 9.62. The predicted molar refractivity (Wildman–Crippen MR) is 122 cm³/mol. The van der Waals surface area contributed by atoms with Crippen molar-refractivity contribution in [3.05, 3.63) is 60.3 Å². The van der Waals surface area contributed by atoms with Gasteiger partial charge in [0, 0.05) is 56.7 Å². The summed E-state index contributed by atoms with van der Waals surface area (Å²) in [6.45, 7) is 5.94. The number of nitrogens with one attached hydrogen (secondary N) is 1. The molecule has 0 radical (unpaired) electrons. The number of aliphatic hydroxyl groups is 1. The molecule has 1 fully saturated rings. The second-order valence-corrected chi connectivity index (χ2v) is 7.70. The SMILES string of the molecule is Nc1cc(-c2ccnc(Nc3ccc(CN4CCN(CCO)CC4)cc3)n2)ccc1O. The lowest BCUT2D eigenvalue weighted by Gasteiger charge is -2.34. The number of aromatic hydroxyl groups is 1. The summed E-state index contributed by atoms with van der Waals surface area (Å²) < 4.78 is 0. The fraction of sp³-hybridized carbons (Fsp3) is 0.304. The molecule has 8 heteroatoms. The molecule has 5 N–H and O–H groups in total. The topological polar surface area (TPSA) is 111 Å². The molecule has 1 aromatic heterocycles. The minimum atomic E-state index is 0.0586. The summed E-state index contributed by atoms with van der Waals surface area (Å²) >= 11 is 0. The highest BCUT2D eigenvalue weighted by atomic mass is 16.3. The van der Waals surface area contributed by atoms with Gasteiger partial charge in [0.2, 0.25) is 5.95 Å². The van der Waals surface area contributed by atoms with E-state index in [9.17, 15) is 5.11 Å². The molecule has 31 heavy (non-hydrogen) atoms. The number of aromatic nitrogens is 2. The van der Waals surface area contributed by atoms with Crippen LogP contribution in [0.2, 0.25) is 0 Å². The predicted octanol–water partition coefficient (Wildman–Crippen LogP) is 2.28. The van der Waals surface area contributed by atoms with Crippen molar-refractivity contribution < 1.29 is 10.2 Å². The summed E-state index contributed by atoms with van der Waals surface area (Å²) in [5, 5.41) is 21.9. The first-order valence-electron chi connectivity index (χ1n) is 10.4. The number of nitrogen functional groups attached to an aromatic ring is 1. The summed E-state index contributed by atoms with van der Waals surface area (Å²) in [4.78, 5) is 13.6. The highest BCUT2D eigenvalue weighted by molar-refractivity contribution is 5.68. The zero-order chi connectivity index (χ0) is 21.6. The van der Waals surface area contributed by atoms with Crippen LogP contribution in [0.25, 0.3) is 11.3 Å². The molecule has 0 spiro atoms. The molecule has 1 aliphatic rings. The number of rotatable bonds is 7. The van der Waals surface area contributed by atoms with Crippen LogP contribution in [-0.4, -0.2) is 69.3 Å². The Kier molecular flexibility index (Phi) is 6.61. The van der Waals surface area contributed by atoms with Gasteiger partial charge in [-0.3, -0.25) is 9.80 Å². The summed E-state index contributed by atoms with van der Waals surface area (Å²) in [7, 11) is 0. The number of nitrogens with zero attached hydrogens (tertiary/aromatic N) is 4. The Morgan fingerprint density at radius 3 is 2.42 bits per heavy atom. The number of β-amino-alcohol motifs (C(OH)–C–C–N with tert-alkyl or cyclic N) is 1. The van der Waals surface area contributed by atoms with Crippen LogP contribution < -0.4 is 11.1 Å². The smallest absolute Gasteiger partial charge is 0.227 e. The second kappa shape index (κ2) is 9.74. The van der Waals surface area contributed by atoms with E-state index in [1.807, 2.05) is 12.1 Å². The number of hydrogen-bond donors (Lipinski definition) is 4. The van der Waals surface area contributed by atoms with Gasteiger partial charge >= 0.3 is 0 Å². The molecule has 1 aliphatic heterocycles. The van der Waals surface area contributed by atoms with E-state index in [0.29, 0.717) is 11.6 Å². The minimum absolute atomic E-state index is 0.0586.